The third-order valence-corrected chi connectivity index (χ3v) is 12.2. The first-order valence-corrected chi connectivity index (χ1v) is 17.6. The van der Waals surface area contributed by atoms with E-state index in [4.69, 9.17) is 23.4 Å². The Kier molecular flexibility index (Phi) is 11.7. The highest BCUT2D eigenvalue weighted by molar-refractivity contribution is 6.74. The molecule has 1 atom stereocenters. The summed E-state index contributed by atoms with van der Waals surface area (Å²) in [5.41, 5.74) is 2.32. The molecule has 0 aromatic heterocycles. The second-order valence-corrected chi connectivity index (χ2v) is 16.8. The van der Waals surface area contributed by atoms with E-state index in [1.165, 1.54) is 6.92 Å². The summed E-state index contributed by atoms with van der Waals surface area (Å²) in [6, 6.07) is 18.3. The summed E-state index contributed by atoms with van der Waals surface area (Å²) in [6.07, 6.45) is 1.45. The van der Waals surface area contributed by atoms with Crippen LogP contribution >= 0.6 is 0 Å². The molecule has 44 heavy (non-hydrogen) atoms. The van der Waals surface area contributed by atoms with Gasteiger partial charge < -0.3 is 23.4 Å². The zero-order chi connectivity index (χ0) is 32.5. The van der Waals surface area contributed by atoms with Crippen LogP contribution < -0.4 is 23.4 Å². The van der Waals surface area contributed by atoms with E-state index >= 15 is 0 Å². The molecular formula is C36H44O7Si. The van der Waals surface area contributed by atoms with Crippen LogP contribution in [0.5, 0.6) is 28.7 Å². The van der Waals surface area contributed by atoms with E-state index in [2.05, 4.69) is 57.8 Å². The number of esters is 1. The normalized spacial score (nSPS) is 11.9. The lowest BCUT2D eigenvalue weighted by molar-refractivity contribution is -0.131. The molecule has 0 spiro atoms. The first kappa shape index (κ1) is 34.3. The molecule has 0 saturated heterocycles. The molecule has 3 aromatic rings. The van der Waals surface area contributed by atoms with Gasteiger partial charge in [-0.05, 0) is 66.5 Å². The van der Waals surface area contributed by atoms with Crippen molar-refractivity contribution in [3.63, 3.8) is 0 Å². The van der Waals surface area contributed by atoms with Crippen LogP contribution in [-0.4, -0.2) is 41.4 Å². The van der Waals surface area contributed by atoms with Crippen molar-refractivity contribution in [1.82, 2.24) is 0 Å². The average molecular weight is 617 g/mol. The number of methoxy groups -OCH3 is 3. The summed E-state index contributed by atoms with van der Waals surface area (Å²) < 4.78 is 28.3. The van der Waals surface area contributed by atoms with Gasteiger partial charge in [0.25, 0.3) is 0 Å². The van der Waals surface area contributed by atoms with Crippen LogP contribution in [0.4, 0.5) is 0 Å². The van der Waals surface area contributed by atoms with Crippen molar-refractivity contribution in [3.05, 3.63) is 77.4 Å². The lowest BCUT2D eigenvalue weighted by Gasteiger charge is -2.36. The molecule has 0 N–H and O–H groups in total. The van der Waals surface area contributed by atoms with Gasteiger partial charge in [-0.25, -0.2) is 0 Å². The summed E-state index contributed by atoms with van der Waals surface area (Å²) in [5, 5.41) is 0.127. The molecular weight excluding hydrogens is 572 g/mol. The molecule has 0 aliphatic carbocycles. The quantitative estimate of drug-likeness (QED) is 0.0670. The fourth-order valence-corrected chi connectivity index (χ4v) is 5.39. The standard InChI is InChI=1S/C36H44O7Si/c1-25(37)42-29-20-16-27(17-21-29)32(38)22-28(35-33(40-6)23-31(39-5)24-34(35)41-7)13-11-10-12-26-14-18-30(19-15-26)43-44(8,9)36(2,3)4/h14-21,23-24,28H,10,12,22H2,1-9H3. The Morgan fingerprint density at radius 1 is 0.818 bits per heavy atom. The predicted molar refractivity (Wildman–Crippen MR) is 176 cm³/mol. The first-order chi connectivity index (χ1) is 20.8. The average Bonchev–Trinajstić information content (AvgIpc) is 2.98. The van der Waals surface area contributed by atoms with E-state index in [1.807, 2.05) is 12.1 Å². The molecule has 3 rings (SSSR count). The Labute approximate surface area is 263 Å². The number of rotatable bonds is 12. The molecule has 1 unspecified atom stereocenters. The van der Waals surface area contributed by atoms with E-state index in [1.54, 1.807) is 57.7 Å². The number of hydrogen-bond acceptors (Lipinski definition) is 7. The Balaban J connectivity index is 1.84. The largest absolute Gasteiger partial charge is 0.544 e. The van der Waals surface area contributed by atoms with Gasteiger partial charge in [0, 0.05) is 37.5 Å². The molecule has 8 heteroatoms. The van der Waals surface area contributed by atoms with Crippen molar-refractivity contribution in [2.75, 3.05) is 21.3 Å². The molecule has 7 nitrogen and oxygen atoms in total. The Morgan fingerprint density at radius 2 is 1.39 bits per heavy atom. The maximum Gasteiger partial charge on any atom is 0.308 e. The van der Waals surface area contributed by atoms with E-state index in [9.17, 15) is 9.59 Å². The van der Waals surface area contributed by atoms with E-state index < -0.39 is 20.2 Å². The number of hydrogen-bond donors (Lipinski definition) is 0. The van der Waals surface area contributed by atoms with Crippen molar-refractivity contribution < 1.29 is 33.0 Å². The minimum atomic E-state index is -1.91. The summed E-state index contributed by atoms with van der Waals surface area (Å²) in [6.45, 7) is 12.5. The highest BCUT2D eigenvalue weighted by Crippen LogP contribution is 2.41. The van der Waals surface area contributed by atoms with Crippen LogP contribution in [-0.2, 0) is 11.2 Å². The van der Waals surface area contributed by atoms with Gasteiger partial charge in [0.1, 0.15) is 28.7 Å². The number of ketones is 1. The van der Waals surface area contributed by atoms with Gasteiger partial charge in [0.05, 0.1) is 32.8 Å². The monoisotopic (exact) mass is 616 g/mol. The lowest BCUT2D eigenvalue weighted by Crippen LogP contribution is -2.43. The van der Waals surface area contributed by atoms with Crippen molar-refractivity contribution in [2.45, 2.75) is 71.0 Å². The summed E-state index contributed by atoms with van der Waals surface area (Å²) in [7, 11) is 2.79. The molecule has 3 aromatic carbocycles. The van der Waals surface area contributed by atoms with Crippen LogP contribution in [0.25, 0.3) is 0 Å². The molecule has 0 saturated carbocycles. The molecule has 0 bridgehead atoms. The summed E-state index contributed by atoms with van der Waals surface area (Å²) in [5.74, 6) is 8.47. The maximum atomic E-state index is 13.4. The van der Waals surface area contributed by atoms with Gasteiger partial charge in [-0.3, -0.25) is 9.59 Å². The second kappa shape index (κ2) is 15.0. The third-order valence-electron chi connectivity index (χ3n) is 7.85. The Bertz CT molecular complexity index is 1470. The zero-order valence-electron chi connectivity index (χ0n) is 27.3. The topological polar surface area (TPSA) is 80.3 Å². The molecule has 0 fully saturated rings. The molecule has 234 valence electrons. The van der Waals surface area contributed by atoms with Gasteiger partial charge in [-0.2, -0.15) is 0 Å². The van der Waals surface area contributed by atoms with Gasteiger partial charge in [0.15, 0.2) is 5.78 Å². The third kappa shape index (κ3) is 9.14. The zero-order valence-corrected chi connectivity index (χ0v) is 28.3. The van der Waals surface area contributed by atoms with Crippen molar-refractivity contribution >= 4 is 20.1 Å². The number of carbonyl (C=O) groups excluding carboxylic acids is 2. The van der Waals surface area contributed by atoms with Gasteiger partial charge in [-0.15, -0.1) is 5.92 Å². The fourth-order valence-electron chi connectivity index (χ4n) is 4.35. The lowest BCUT2D eigenvalue weighted by atomic mass is 9.90. The second-order valence-electron chi connectivity index (χ2n) is 12.1. The number of carbonyl (C=O) groups is 2. The minimum absolute atomic E-state index is 0.0957. The van der Waals surface area contributed by atoms with E-state index in [0.29, 0.717) is 40.5 Å². The van der Waals surface area contributed by atoms with Gasteiger partial charge in [0.2, 0.25) is 8.32 Å². The summed E-state index contributed by atoms with van der Waals surface area (Å²) in [4.78, 5) is 24.7. The van der Waals surface area contributed by atoms with Crippen molar-refractivity contribution in [2.24, 2.45) is 0 Å². The highest BCUT2D eigenvalue weighted by Gasteiger charge is 2.38. The van der Waals surface area contributed by atoms with Gasteiger partial charge >= 0.3 is 5.97 Å². The highest BCUT2D eigenvalue weighted by atomic mass is 28.4. The summed E-state index contributed by atoms with van der Waals surface area (Å²) >= 11 is 0. The van der Waals surface area contributed by atoms with Crippen LogP contribution in [0.3, 0.4) is 0 Å². The number of aryl methyl sites for hydroxylation is 1. The van der Waals surface area contributed by atoms with Crippen molar-refractivity contribution in [1.29, 1.82) is 0 Å². The fraction of sp³-hybridized carbons (Fsp3) is 0.389. The SMILES string of the molecule is COc1cc(OC)c(C(C#CCCc2ccc(O[Si](C)(C)C(C)(C)C)cc2)CC(=O)c2ccc(OC(C)=O)cc2)c(OC)c1. The number of Topliss-reactive ketones (excluding diaryl/α,β-unsaturated/α-hetero) is 1. The predicted octanol–water partition coefficient (Wildman–Crippen LogP) is 8.01. The van der Waals surface area contributed by atoms with E-state index in [-0.39, 0.29) is 17.2 Å². The molecule has 0 radical (unpaired) electrons. The van der Waals surface area contributed by atoms with Crippen molar-refractivity contribution in [3.8, 4) is 40.6 Å². The smallest absolute Gasteiger partial charge is 0.308 e. The molecule has 0 amide bonds. The van der Waals surface area contributed by atoms with E-state index in [0.717, 1.165) is 17.7 Å². The van der Waals surface area contributed by atoms with Crippen LogP contribution in [0.1, 0.15) is 67.9 Å². The molecule has 0 heterocycles. The Morgan fingerprint density at radius 3 is 1.89 bits per heavy atom. The number of benzene rings is 3. The van der Waals surface area contributed by atoms with Crippen LogP contribution in [0, 0.1) is 11.8 Å². The molecule has 0 aliphatic heterocycles. The first-order valence-electron chi connectivity index (χ1n) is 14.7. The van der Waals surface area contributed by atoms with Crippen LogP contribution in [0.15, 0.2) is 60.7 Å². The molecule has 0 aliphatic rings. The van der Waals surface area contributed by atoms with Crippen LogP contribution in [0.2, 0.25) is 18.1 Å². The minimum Gasteiger partial charge on any atom is -0.544 e. The Hall–Kier alpha value is -4.22. The number of ether oxygens (including phenoxy) is 4. The van der Waals surface area contributed by atoms with Gasteiger partial charge in [-0.1, -0.05) is 38.8 Å². The maximum absolute atomic E-state index is 13.4.